The molecule has 0 radical (unpaired) electrons. The number of nitrogens with zero attached hydrogens (tertiary/aromatic N) is 1. The Bertz CT molecular complexity index is 1150. The maximum atomic E-state index is 12.4. The van der Waals surface area contributed by atoms with Crippen LogP contribution in [-0.2, 0) is 19.2 Å². The van der Waals surface area contributed by atoms with Gasteiger partial charge in [0.05, 0.1) is 12.1 Å². The number of aromatic nitrogens is 1. The van der Waals surface area contributed by atoms with E-state index in [1.165, 1.54) is 0 Å². The Kier molecular flexibility index (Phi) is 19.6. The van der Waals surface area contributed by atoms with E-state index in [0.717, 1.165) is 74.3 Å². The molecule has 6 amide bonds. The first-order valence-electron chi connectivity index (χ1n) is 17.3. The Morgan fingerprint density at radius 2 is 1.54 bits per heavy atom. The fourth-order valence-electron chi connectivity index (χ4n) is 5.47. The lowest BCUT2D eigenvalue weighted by atomic mass is 10.0. The third-order valence-corrected chi connectivity index (χ3v) is 12.0. The number of fused-ring (bicyclic) bond motifs is 1. The zero-order valence-corrected chi connectivity index (χ0v) is 30.5. The molecule has 3 rings (SSSR count). The standard InChI is InChI=1S/C33H53N7O5S3/c1-24(11-5-9-18-35-28(42)15-16-29(43)36-21-22-47-48-30-14-6-10-19-37-30)32(44)38-20-8-2-7-17-34-27(41)13-4-3-12-26-31-25(23-46-26)39-33(45)40-31/h6,10,14,19,24-26,31H,2-5,7-9,11-13,15-18,20-23H2,1H3,(H,34,41)(H,35,42)(H,36,43)(H,38,44)(H2,39,40,45)/t24-,25-,26-,31-/m0/s1. The topological polar surface area (TPSA) is 170 Å². The van der Waals surface area contributed by atoms with Crippen LogP contribution in [0.3, 0.4) is 0 Å². The van der Waals surface area contributed by atoms with Gasteiger partial charge in [0.25, 0.3) is 0 Å². The van der Waals surface area contributed by atoms with E-state index in [2.05, 4.69) is 36.9 Å². The number of hydrogen-bond acceptors (Lipinski definition) is 9. The monoisotopic (exact) mass is 723 g/mol. The van der Waals surface area contributed by atoms with Gasteiger partial charge in [0, 0.05) is 74.3 Å². The minimum Gasteiger partial charge on any atom is -0.356 e. The molecule has 12 nitrogen and oxygen atoms in total. The first-order valence-corrected chi connectivity index (χ1v) is 20.7. The molecule has 0 spiro atoms. The maximum Gasteiger partial charge on any atom is 0.315 e. The molecule has 0 bridgehead atoms. The molecule has 3 heterocycles. The minimum atomic E-state index is -0.136. The van der Waals surface area contributed by atoms with Crippen LogP contribution in [0.5, 0.6) is 0 Å². The minimum absolute atomic E-state index is 0.0465. The Morgan fingerprint density at radius 1 is 0.854 bits per heavy atom. The number of hydrogen-bond donors (Lipinski definition) is 6. The number of unbranched alkanes of at least 4 members (excludes halogenated alkanes) is 4. The summed E-state index contributed by atoms with van der Waals surface area (Å²) in [7, 11) is 3.19. The van der Waals surface area contributed by atoms with Gasteiger partial charge in [-0.1, -0.05) is 36.6 Å². The molecule has 2 saturated heterocycles. The molecule has 2 fully saturated rings. The molecule has 0 aliphatic carbocycles. The average Bonchev–Trinajstić information content (AvgIpc) is 3.64. The second-order valence-electron chi connectivity index (χ2n) is 12.2. The van der Waals surface area contributed by atoms with Gasteiger partial charge in [-0.25, -0.2) is 9.78 Å². The van der Waals surface area contributed by atoms with E-state index in [-0.39, 0.29) is 60.5 Å². The van der Waals surface area contributed by atoms with Crippen LogP contribution in [0.1, 0.15) is 84.0 Å². The smallest absolute Gasteiger partial charge is 0.315 e. The largest absolute Gasteiger partial charge is 0.356 e. The fraction of sp³-hybridized carbons (Fsp3) is 0.697. The summed E-state index contributed by atoms with van der Waals surface area (Å²) >= 11 is 1.90. The summed E-state index contributed by atoms with van der Waals surface area (Å²) in [5.74, 6) is 1.49. The van der Waals surface area contributed by atoms with E-state index in [1.807, 2.05) is 36.9 Å². The third kappa shape index (κ3) is 16.6. The first kappa shape index (κ1) is 39.8. The molecule has 15 heteroatoms. The van der Waals surface area contributed by atoms with Crippen LogP contribution in [0.15, 0.2) is 29.4 Å². The molecule has 0 saturated carbocycles. The van der Waals surface area contributed by atoms with Gasteiger partial charge >= 0.3 is 6.03 Å². The van der Waals surface area contributed by atoms with Crippen molar-refractivity contribution in [2.45, 2.75) is 106 Å². The summed E-state index contributed by atoms with van der Waals surface area (Å²) in [6.45, 7) is 4.28. The number of thioether (sulfide) groups is 1. The quantitative estimate of drug-likeness (QED) is 0.0500. The predicted octanol–water partition coefficient (Wildman–Crippen LogP) is 3.77. The van der Waals surface area contributed by atoms with Crippen molar-refractivity contribution < 1.29 is 24.0 Å². The second kappa shape index (κ2) is 23.7. The molecule has 2 aliphatic rings. The van der Waals surface area contributed by atoms with E-state index in [4.69, 9.17) is 0 Å². The van der Waals surface area contributed by atoms with Crippen molar-refractivity contribution in [2.24, 2.45) is 5.92 Å². The van der Waals surface area contributed by atoms with Gasteiger partial charge in [0.15, 0.2) is 0 Å². The van der Waals surface area contributed by atoms with Gasteiger partial charge in [0.1, 0.15) is 5.03 Å². The SMILES string of the molecule is C[C@@H](CCCCNC(=O)CCC(=O)NCCSSc1ccccn1)C(=O)NCCCCCNC(=O)CCCC[C@@H]1SC[C@@H]2NC(=O)N[C@@H]21. The Balaban J connectivity index is 1.05. The van der Waals surface area contributed by atoms with Gasteiger partial charge in [-0.15, -0.1) is 0 Å². The molecule has 1 aromatic rings. The predicted molar refractivity (Wildman–Crippen MR) is 195 cm³/mol. The highest BCUT2D eigenvalue weighted by atomic mass is 33.1. The van der Waals surface area contributed by atoms with Crippen molar-refractivity contribution in [3.8, 4) is 0 Å². The number of carbonyl (C=O) groups is 5. The van der Waals surface area contributed by atoms with Crippen molar-refractivity contribution in [3.63, 3.8) is 0 Å². The van der Waals surface area contributed by atoms with Gasteiger partial charge in [-0.05, 0) is 67.9 Å². The van der Waals surface area contributed by atoms with Crippen molar-refractivity contribution >= 4 is 63.0 Å². The molecule has 48 heavy (non-hydrogen) atoms. The summed E-state index contributed by atoms with van der Waals surface area (Å²) in [5.41, 5.74) is 0. The number of nitrogens with one attached hydrogen (secondary N) is 6. The van der Waals surface area contributed by atoms with Crippen LogP contribution in [0.2, 0.25) is 0 Å². The highest BCUT2D eigenvalue weighted by molar-refractivity contribution is 8.76. The van der Waals surface area contributed by atoms with Crippen LogP contribution < -0.4 is 31.9 Å². The summed E-state index contributed by atoms with van der Waals surface area (Å²) < 4.78 is 0. The number of rotatable bonds is 25. The highest BCUT2D eigenvalue weighted by Crippen LogP contribution is 2.33. The number of carbonyl (C=O) groups excluding carboxylic acids is 5. The van der Waals surface area contributed by atoms with E-state index in [0.29, 0.717) is 37.8 Å². The van der Waals surface area contributed by atoms with Crippen LogP contribution in [0.25, 0.3) is 0 Å². The second-order valence-corrected chi connectivity index (χ2v) is 15.9. The molecular formula is C33H53N7O5S3. The maximum absolute atomic E-state index is 12.4. The molecule has 2 aliphatic heterocycles. The molecule has 0 unspecified atom stereocenters. The van der Waals surface area contributed by atoms with E-state index < -0.39 is 0 Å². The van der Waals surface area contributed by atoms with E-state index >= 15 is 0 Å². The van der Waals surface area contributed by atoms with Crippen LogP contribution in [0.4, 0.5) is 4.79 Å². The Hall–Kier alpha value is -2.65. The fourth-order valence-corrected chi connectivity index (χ4v) is 8.80. The lowest BCUT2D eigenvalue weighted by Crippen LogP contribution is -2.36. The van der Waals surface area contributed by atoms with Crippen molar-refractivity contribution in [2.75, 3.05) is 37.7 Å². The Labute approximate surface area is 297 Å². The zero-order valence-electron chi connectivity index (χ0n) is 28.1. The molecular weight excluding hydrogens is 671 g/mol. The van der Waals surface area contributed by atoms with Gasteiger partial charge in [-0.3, -0.25) is 19.2 Å². The summed E-state index contributed by atoms with van der Waals surface area (Å²) in [4.78, 5) is 64.3. The molecule has 0 aromatic carbocycles. The van der Waals surface area contributed by atoms with Crippen LogP contribution in [-0.4, -0.2) is 89.7 Å². The van der Waals surface area contributed by atoms with Gasteiger partial charge < -0.3 is 31.9 Å². The zero-order chi connectivity index (χ0) is 34.4. The highest BCUT2D eigenvalue weighted by Gasteiger charge is 2.42. The molecule has 6 N–H and O–H groups in total. The number of urea groups is 1. The van der Waals surface area contributed by atoms with Crippen molar-refractivity contribution in [1.29, 1.82) is 0 Å². The van der Waals surface area contributed by atoms with Crippen molar-refractivity contribution in [1.82, 2.24) is 36.9 Å². The lowest BCUT2D eigenvalue weighted by Gasteiger charge is -2.16. The molecule has 1 aromatic heterocycles. The van der Waals surface area contributed by atoms with Gasteiger partial charge in [-0.2, -0.15) is 11.8 Å². The van der Waals surface area contributed by atoms with Gasteiger partial charge in [0.2, 0.25) is 23.6 Å². The van der Waals surface area contributed by atoms with Crippen LogP contribution in [0, 0.1) is 5.92 Å². The van der Waals surface area contributed by atoms with E-state index in [1.54, 1.807) is 27.8 Å². The number of amides is 6. The summed E-state index contributed by atoms with van der Waals surface area (Å²) in [6.07, 6.45) is 10.5. The number of pyridine rings is 1. The summed E-state index contributed by atoms with van der Waals surface area (Å²) in [6, 6.07) is 6.15. The summed E-state index contributed by atoms with van der Waals surface area (Å²) in [5, 5.41) is 19.0. The normalized spacial score (nSPS) is 18.7. The van der Waals surface area contributed by atoms with Crippen LogP contribution >= 0.6 is 33.3 Å². The average molecular weight is 724 g/mol. The van der Waals surface area contributed by atoms with E-state index in [9.17, 15) is 24.0 Å². The first-order chi connectivity index (χ1) is 23.3. The Morgan fingerprint density at radius 3 is 2.27 bits per heavy atom. The lowest BCUT2D eigenvalue weighted by molar-refractivity contribution is -0.126. The van der Waals surface area contributed by atoms with Crippen molar-refractivity contribution in [3.05, 3.63) is 24.4 Å². The molecule has 4 atom stereocenters. The third-order valence-electron chi connectivity index (χ3n) is 8.26. The molecule has 268 valence electrons.